The first-order valence-electron chi connectivity index (χ1n) is 10.7. The summed E-state index contributed by atoms with van der Waals surface area (Å²) in [5, 5.41) is 3.13. The van der Waals surface area contributed by atoms with Crippen molar-refractivity contribution in [2.24, 2.45) is 7.05 Å². The van der Waals surface area contributed by atoms with E-state index in [9.17, 15) is 17.6 Å². The number of anilines is 2. The molecule has 0 bridgehead atoms. The lowest BCUT2D eigenvalue weighted by Gasteiger charge is -2.11. The Hall–Kier alpha value is -3.98. The van der Waals surface area contributed by atoms with E-state index in [-0.39, 0.29) is 17.1 Å². The number of H-pyrrole nitrogens is 1. The molecule has 2 N–H and O–H groups in total. The second kappa shape index (κ2) is 9.23. The molecule has 0 aliphatic heterocycles. The molecule has 36 heavy (non-hydrogen) atoms. The number of imidazole rings is 2. The Morgan fingerprint density at radius 2 is 1.78 bits per heavy atom. The quantitative estimate of drug-likeness (QED) is 0.185. The second-order valence-electron chi connectivity index (χ2n) is 7.94. The topological polar surface area (TPSA) is 80.7 Å². The molecule has 2 aromatic carbocycles. The van der Waals surface area contributed by atoms with Crippen molar-refractivity contribution in [2.45, 2.75) is 12.1 Å². The molecule has 0 spiro atoms. The molecule has 3 heterocycles. The van der Waals surface area contributed by atoms with Crippen molar-refractivity contribution < 1.29 is 22.3 Å². The molecule has 1 atom stereocenters. The lowest BCUT2D eigenvalue weighted by Crippen LogP contribution is -2.03. The monoisotopic (exact) mass is 514 g/mol. The van der Waals surface area contributed by atoms with E-state index >= 15 is 0 Å². The number of ether oxygens (including phenoxy) is 1. The Bertz CT molecular complexity index is 1530. The highest BCUT2D eigenvalue weighted by molar-refractivity contribution is 7.17. The maximum absolute atomic E-state index is 13.4. The Kier molecular flexibility index (Phi) is 6.09. The molecule has 0 aliphatic rings. The molecule has 5 rings (SSSR count). The van der Waals surface area contributed by atoms with Crippen molar-refractivity contribution in [3.63, 3.8) is 0 Å². The highest BCUT2D eigenvalue weighted by Crippen LogP contribution is 2.35. The number of halogens is 4. The van der Waals surface area contributed by atoms with Crippen molar-refractivity contribution in [1.29, 1.82) is 0 Å². The number of hydrogen-bond donors (Lipinski definition) is 2. The SMILES string of the molecule is Cn1c(Nc2ccc(C(F)(F)P)cc2)nc2cc(Oc3ccnc(-c4ncc(C(F)F)[nH]4)c3)ccc21. The predicted molar refractivity (Wildman–Crippen MR) is 131 cm³/mol. The van der Waals surface area contributed by atoms with Crippen molar-refractivity contribution in [1.82, 2.24) is 24.5 Å². The maximum Gasteiger partial charge on any atom is 0.283 e. The molecule has 0 saturated carbocycles. The number of aromatic nitrogens is 5. The van der Waals surface area contributed by atoms with Gasteiger partial charge in [0, 0.05) is 36.6 Å². The standard InChI is InChI=1S/C24H19F4N6OP/c1-34-20-7-6-15(35-16-8-9-29-18(11-16)22-30-12-19(32-22)21(25)26)10-17(20)33-23(34)31-14-4-2-13(3-5-14)24(27,28)36/h2-12,21H,36H2,1H3,(H,30,32)(H,31,33). The van der Waals surface area contributed by atoms with E-state index in [0.717, 1.165) is 11.7 Å². The Balaban J connectivity index is 1.36. The number of hydrogen-bond acceptors (Lipinski definition) is 5. The van der Waals surface area contributed by atoms with Gasteiger partial charge in [-0.05, 0) is 30.3 Å². The number of fused-ring (bicyclic) bond motifs is 1. The number of aryl methyl sites for hydroxylation is 1. The molecule has 3 aromatic heterocycles. The zero-order chi connectivity index (χ0) is 25.4. The van der Waals surface area contributed by atoms with Gasteiger partial charge < -0.3 is 19.6 Å². The molecule has 12 heteroatoms. The van der Waals surface area contributed by atoms with E-state index in [0.29, 0.717) is 34.3 Å². The van der Waals surface area contributed by atoms with Crippen LogP contribution in [0.25, 0.3) is 22.6 Å². The number of alkyl halides is 4. The molecular formula is C24H19F4N6OP. The van der Waals surface area contributed by atoms with Crippen LogP contribution in [0.3, 0.4) is 0 Å². The van der Waals surface area contributed by atoms with Gasteiger partial charge in [-0.2, -0.15) is 8.78 Å². The molecule has 184 valence electrons. The maximum atomic E-state index is 13.4. The van der Waals surface area contributed by atoms with E-state index in [1.54, 1.807) is 36.4 Å². The summed E-state index contributed by atoms with van der Waals surface area (Å²) in [6, 6.07) is 14.4. The molecule has 0 radical (unpaired) electrons. The van der Waals surface area contributed by atoms with Crippen LogP contribution in [0.1, 0.15) is 17.7 Å². The molecule has 5 aromatic rings. The summed E-state index contributed by atoms with van der Waals surface area (Å²) in [6.07, 6.45) is -0.0909. The largest absolute Gasteiger partial charge is 0.457 e. The van der Waals surface area contributed by atoms with Crippen LogP contribution >= 0.6 is 9.24 Å². The highest BCUT2D eigenvalue weighted by Gasteiger charge is 2.24. The summed E-state index contributed by atoms with van der Waals surface area (Å²) in [6.45, 7) is 0. The minimum absolute atomic E-state index is 0.106. The van der Waals surface area contributed by atoms with Crippen molar-refractivity contribution in [3.8, 4) is 23.0 Å². The Morgan fingerprint density at radius 3 is 2.47 bits per heavy atom. The van der Waals surface area contributed by atoms with Crippen molar-refractivity contribution >= 4 is 31.9 Å². The first kappa shape index (κ1) is 23.7. The Morgan fingerprint density at radius 1 is 1.03 bits per heavy atom. The van der Waals surface area contributed by atoms with Crippen LogP contribution in [-0.2, 0) is 12.7 Å². The van der Waals surface area contributed by atoms with E-state index < -0.39 is 12.1 Å². The van der Waals surface area contributed by atoms with Gasteiger partial charge in [-0.15, -0.1) is 0 Å². The summed E-state index contributed by atoms with van der Waals surface area (Å²) >= 11 is 0. The molecule has 0 aliphatic carbocycles. The van der Waals surface area contributed by atoms with Gasteiger partial charge in [0.15, 0.2) is 5.82 Å². The normalized spacial score (nSPS) is 11.9. The lowest BCUT2D eigenvalue weighted by atomic mass is 10.2. The van der Waals surface area contributed by atoms with Crippen LogP contribution in [-0.4, -0.2) is 24.5 Å². The first-order chi connectivity index (χ1) is 17.2. The van der Waals surface area contributed by atoms with Gasteiger partial charge in [-0.25, -0.2) is 18.7 Å². The zero-order valence-corrected chi connectivity index (χ0v) is 19.9. The molecular weight excluding hydrogens is 495 g/mol. The van der Waals surface area contributed by atoms with Crippen LogP contribution in [0.2, 0.25) is 0 Å². The number of rotatable bonds is 7. The van der Waals surface area contributed by atoms with Crippen LogP contribution in [0, 0.1) is 0 Å². The average Bonchev–Trinajstić information content (AvgIpc) is 3.45. The number of nitrogens with one attached hydrogen (secondary N) is 2. The van der Waals surface area contributed by atoms with Crippen LogP contribution < -0.4 is 10.1 Å². The van der Waals surface area contributed by atoms with E-state index in [4.69, 9.17) is 4.74 Å². The highest BCUT2D eigenvalue weighted by atomic mass is 31.0. The van der Waals surface area contributed by atoms with E-state index in [1.807, 2.05) is 17.7 Å². The first-order valence-corrected chi connectivity index (χ1v) is 11.2. The van der Waals surface area contributed by atoms with E-state index in [2.05, 4.69) is 25.3 Å². The molecule has 0 saturated heterocycles. The van der Waals surface area contributed by atoms with Crippen molar-refractivity contribution in [3.05, 3.63) is 78.2 Å². The fourth-order valence-corrected chi connectivity index (χ4v) is 3.77. The van der Waals surface area contributed by atoms with E-state index in [1.165, 1.54) is 27.6 Å². The molecule has 1 unspecified atom stereocenters. The van der Waals surface area contributed by atoms with Crippen LogP contribution in [0.4, 0.5) is 29.2 Å². The lowest BCUT2D eigenvalue weighted by molar-refractivity contribution is 0.104. The molecule has 7 nitrogen and oxygen atoms in total. The summed E-state index contributed by atoms with van der Waals surface area (Å²) in [7, 11) is 3.35. The molecule has 0 fully saturated rings. The summed E-state index contributed by atoms with van der Waals surface area (Å²) in [5.74, 6) is 1.67. The smallest absolute Gasteiger partial charge is 0.283 e. The van der Waals surface area contributed by atoms with Gasteiger partial charge >= 0.3 is 0 Å². The predicted octanol–water partition coefficient (Wildman–Crippen LogP) is 6.76. The fourth-order valence-electron chi connectivity index (χ4n) is 3.58. The van der Waals surface area contributed by atoms with Gasteiger partial charge in [-0.3, -0.25) is 4.98 Å². The number of pyridine rings is 1. The minimum Gasteiger partial charge on any atom is -0.457 e. The summed E-state index contributed by atoms with van der Waals surface area (Å²) < 4.78 is 60.3. The van der Waals surface area contributed by atoms with Gasteiger partial charge in [0.1, 0.15) is 22.9 Å². The van der Waals surface area contributed by atoms with Gasteiger partial charge in [0.05, 0.1) is 17.2 Å². The number of benzene rings is 2. The number of nitrogens with zero attached hydrogens (tertiary/aromatic N) is 4. The van der Waals surface area contributed by atoms with Crippen LogP contribution in [0.15, 0.2) is 67.0 Å². The third kappa shape index (κ3) is 4.87. The third-order valence-corrected chi connectivity index (χ3v) is 5.75. The summed E-state index contributed by atoms with van der Waals surface area (Å²) in [4.78, 5) is 15.2. The second-order valence-corrected chi connectivity index (χ2v) is 8.66. The number of aromatic amines is 1. The van der Waals surface area contributed by atoms with Gasteiger partial charge in [0.2, 0.25) is 5.95 Å². The van der Waals surface area contributed by atoms with Crippen molar-refractivity contribution in [2.75, 3.05) is 5.32 Å². The average molecular weight is 514 g/mol. The fraction of sp³-hybridized carbons (Fsp3) is 0.125. The summed E-state index contributed by atoms with van der Waals surface area (Å²) in [5.41, 5.74) is -0.951. The van der Waals surface area contributed by atoms with Crippen LogP contribution in [0.5, 0.6) is 11.5 Å². The van der Waals surface area contributed by atoms with Gasteiger partial charge in [-0.1, -0.05) is 21.4 Å². The minimum atomic E-state index is -2.99. The van der Waals surface area contributed by atoms with Gasteiger partial charge in [0.25, 0.3) is 12.1 Å². The molecule has 0 amide bonds. The zero-order valence-electron chi connectivity index (χ0n) is 18.7. The third-order valence-electron chi connectivity index (χ3n) is 5.42. The Labute approximate surface area is 204 Å².